The molecule has 0 aliphatic heterocycles. The number of hydrogen-bond donors (Lipinski definition) is 1. The smallest absolute Gasteiger partial charge is 0.246 e. The number of nitrogens with one attached hydrogen (secondary N) is 1. The van der Waals surface area contributed by atoms with E-state index in [1.165, 1.54) is 7.05 Å². The minimum atomic E-state index is -2.70. The van der Waals surface area contributed by atoms with Crippen molar-refractivity contribution in [3.63, 3.8) is 0 Å². The number of halogens is 2. The second-order valence-electron chi connectivity index (χ2n) is 2.26. The van der Waals surface area contributed by atoms with Gasteiger partial charge < -0.3 is 0 Å². The van der Waals surface area contributed by atoms with Crippen molar-refractivity contribution < 1.29 is 8.78 Å². The molecule has 0 saturated carbocycles. The van der Waals surface area contributed by atoms with Crippen LogP contribution < -0.4 is 11.4 Å². The van der Waals surface area contributed by atoms with Crippen LogP contribution in [0.25, 0.3) is 0 Å². The molecule has 68 valence electrons. The first-order valence-electron chi connectivity index (χ1n) is 3.16. The Labute approximate surface area is 65.2 Å². The van der Waals surface area contributed by atoms with Gasteiger partial charge in [-0.05, 0) is 0 Å². The van der Waals surface area contributed by atoms with E-state index in [2.05, 4.69) is 5.10 Å². The third-order valence-corrected chi connectivity index (χ3v) is 1.35. The Kier molecular flexibility index (Phi) is 2.11. The number of alkyl halides is 2. The molecule has 0 saturated heterocycles. The zero-order chi connectivity index (χ0) is 9.30. The maximum Gasteiger partial charge on any atom is 0.346 e. The summed E-state index contributed by atoms with van der Waals surface area (Å²) in [5.74, 6) is 0. The van der Waals surface area contributed by atoms with Gasteiger partial charge in [0.2, 0.25) is 0 Å². The largest absolute Gasteiger partial charge is 0.346 e. The first-order chi connectivity index (χ1) is 5.52. The van der Waals surface area contributed by atoms with Crippen LogP contribution in [0, 0.1) is 0 Å². The summed E-state index contributed by atoms with van der Waals surface area (Å²) in [6.45, 7) is -0.866. The maximum atomic E-state index is 11.8. The Bertz CT molecular complexity index is 375. The maximum absolute atomic E-state index is 11.8. The summed E-state index contributed by atoms with van der Waals surface area (Å²) in [6.07, 6.45) is -2.70. The van der Waals surface area contributed by atoms with Crippen LogP contribution in [-0.4, -0.2) is 20.8 Å². The van der Waals surface area contributed by atoms with E-state index in [0.29, 0.717) is 4.57 Å². The van der Waals surface area contributed by atoms with Crippen molar-refractivity contribution in [2.24, 2.45) is 7.05 Å². The van der Waals surface area contributed by atoms with Gasteiger partial charge in [-0.1, -0.05) is 0 Å². The van der Waals surface area contributed by atoms with Crippen molar-refractivity contribution in [3.8, 4) is 0 Å². The zero-order valence-electron chi connectivity index (χ0n) is 6.25. The van der Waals surface area contributed by atoms with Crippen LogP contribution >= 0.6 is 0 Å². The lowest BCUT2D eigenvalue weighted by Crippen LogP contribution is -2.30. The van der Waals surface area contributed by atoms with Crippen LogP contribution in [0.1, 0.15) is 0 Å². The van der Waals surface area contributed by atoms with Gasteiger partial charge in [-0.2, -0.15) is 0 Å². The van der Waals surface area contributed by atoms with Crippen molar-refractivity contribution in [1.82, 2.24) is 14.3 Å². The Morgan fingerprint density at radius 2 is 2.08 bits per heavy atom. The monoisotopic (exact) mass is 179 g/mol. The van der Waals surface area contributed by atoms with E-state index in [1.807, 2.05) is 0 Å². The lowest BCUT2D eigenvalue weighted by atomic mass is 10.7. The number of nitrogens with zero attached hydrogens (tertiary/aromatic N) is 2. The van der Waals surface area contributed by atoms with Gasteiger partial charge in [0.1, 0.15) is 0 Å². The fraction of sp³-hybridized carbons (Fsp3) is 0.600. The van der Waals surface area contributed by atoms with Gasteiger partial charge in [0, 0.05) is 7.05 Å². The summed E-state index contributed by atoms with van der Waals surface area (Å²) in [7, 11) is 1.28. The van der Waals surface area contributed by atoms with Gasteiger partial charge in [-0.3, -0.25) is 0 Å². The second kappa shape index (κ2) is 2.92. The summed E-state index contributed by atoms with van der Waals surface area (Å²) < 4.78 is 24.8. The van der Waals surface area contributed by atoms with Gasteiger partial charge >= 0.3 is 11.4 Å². The summed E-state index contributed by atoms with van der Waals surface area (Å²) >= 11 is 0. The van der Waals surface area contributed by atoms with E-state index < -0.39 is 24.3 Å². The Balaban J connectivity index is 3.15. The zero-order valence-corrected chi connectivity index (χ0v) is 6.25. The van der Waals surface area contributed by atoms with E-state index in [1.54, 1.807) is 0 Å². The highest BCUT2D eigenvalue weighted by atomic mass is 19.3. The summed E-state index contributed by atoms with van der Waals surface area (Å²) in [5, 5.41) is 2.06. The molecule has 0 bridgehead atoms. The average molecular weight is 179 g/mol. The minimum Gasteiger partial charge on any atom is -0.246 e. The molecule has 0 aromatic carbocycles. The SMILES string of the molecule is Cn1[nH]c(=O)n(CC(F)F)c1=O. The lowest BCUT2D eigenvalue weighted by Gasteiger charge is -1.95. The second-order valence-corrected chi connectivity index (χ2v) is 2.26. The van der Waals surface area contributed by atoms with E-state index in [9.17, 15) is 18.4 Å². The van der Waals surface area contributed by atoms with Crippen molar-refractivity contribution in [3.05, 3.63) is 21.0 Å². The third-order valence-electron chi connectivity index (χ3n) is 1.35. The van der Waals surface area contributed by atoms with Crippen LogP contribution in [0.4, 0.5) is 8.78 Å². The van der Waals surface area contributed by atoms with Crippen molar-refractivity contribution >= 4 is 0 Å². The summed E-state index contributed by atoms with van der Waals surface area (Å²) in [5.41, 5.74) is -1.58. The van der Waals surface area contributed by atoms with Gasteiger partial charge in [-0.25, -0.2) is 32.7 Å². The predicted molar refractivity (Wildman–Crippen MR) is 36.3 cm³/mol. The molecule has 0 amide bonds. The van der Waals surface area contributed by atoms with E-state index in [-0.39, 0.29) is 0 Å². The molecule has 0 fully saturated rings. The molecule has 0 unspecified atom stereocenters. The molecule has 0 spiro atoms. The first-order valence-corrected chi connectivity index (χ1v) is 3.16. The van der Waals surface area contributed by atoms with E-state index >= 15 is 0 Å². The number of aromatic amines is 1. The fourth-order valence-electron chi connectivity index (χ4n) is 0.819. The molecular formula is C5H7F2N3O2. The molecule has 0 radical (unpaired) electrons. The number of H-pyrrole nitrogens is 1. The van der Waals surface area contributed by atoms with Crippen molar-refractivity contribution in [1.29, 1.82) is 0 Å². The molecule has 1 aromatic heterocycles. The first kappa shape index (κ1) is 8.69. The van der Waals surface area contributed by atoms with Crippen molar-refractivity contribution in [2.75, 3.05) is 0 Å². The summed E-state index contributed by atoms with van der Waals surface area (Å²) in [4.78, 5) is 21.6. The van der Waals surface area contributed by atoms with Crippen LogP contribution in [-0.2, 0) is 13.6 Å². The van der Waals surface area contributed by atoms with Gasteiger partial charge in [0.15, 0.2) is 0 Å². The third kappa shape index (κ3) is 1.44. The number of aromatic nitrogens is 3. The number of aryl methyl sites for hydroxylation is 1. The van der Waals surface area contributed by atoms with Crippen LogP contribution in [0.15, 0.2) is 9.59 Å². The lowest BCUT2D eigenvalue weighted by molar-refractivity contribution is 0.124. The topological polar surface area (TPSA) is 59.8 Å². The Morgan fingerprint density at radius 1 is 1.50 bits per heavy atom. The van der Waals surface area contributed by atoms with E-state index in [4.69, 9.17) is 0 Å². The number of rotatable bonds is 2. The molecule has 5 nitrogen and oxygen atoms in total. The molecule has 1 aromatic rings. The van der Waals surface area contributed by atoms with E-state index in [0.717, 1.165) is 4.68 Å². The standard InChI is InChI=1S/C5H7F2N3O2/c1-9-5(12)10(2-3(6)7)4(11)8-9/h3H,2H2,1H3,(H,8,11). The molecule has 0 atom stereocenters. The average Bonchev–Trinajstić information content (AvgIpc) is 2.16. The van der Waals surface area contributed by atoms with Crippen LogP contribution in [0.5, 0.6) is 0 Å². The molecule has 0 aliphatic rings. The van der Waals surface area contributed by atoms with Crippen molar-refractivity contribution in [2.45, 2.75) is 13.0 Å². The normalized spacial score (nSPS) is 11.0. The molecule has 7 heteroatoms. The fourth-order valence-corrected chi connectivity index (χ4v) is 0.819. The van der Waals surface area contributed by atoms with Gasteiger partial charge in [0.25, 0.3) is 6.43 Å². The quantitative estimate of drug-likeness (QED) is 0.642. The molecular weight excluding hydrogens is 172 g/mol. The molecule has 1 rings (SSSR count). The number of hydrogen-bond acceptors (Lipinski definition) is 2. The highest BCUT2D eigenvalue weighted by molar-refractivity contribution is 4.68. The highest BCUT2D eigenvalue weighted by Gasteiger charge is 2.11. The van der Waals surface area contributed by atoms with Crippen LogP contribution in [0.2, 0.25) is 0 Å². The molecule has 0 aliphatic carbocycles. The minimum absolute atomic E-state index is 0.449. The molecule has 1 N–H and O–H groups in total. The molecule has 1 heterocycles. The highest BCUT2D eigenvalue weighted by Crippen LogP contribution is 1.91. The molecule has 12 heavy (non-hydrogen) atoms. The van der Waals surface area contributed by atoms with Crippen LogP contribution in [0.3, 0.4) is 0 Å². The Hall–Kier alpha value is -1.40. The summed E-state index contributed by atoms with van der Waals surface area (Å²) in [6, 6.07) is 0. The predicted octanol–water partition coefficient (Wildman–Crippen LogP) is -0.860. The van der Waals surface area contributed by atoms with Gasteiger partial charge in [0.05, 0.1) is 6.54 Å². The Morgan fingerprint density at radius 3 is 2.42 bits per heavy atom. The van der Waals surface area contributed by atoms with Gasteiger partial charge in [-0.15, -0.1) is 0 Å².